The van der Waals surface area contributed by atoms with Gasteiger partial charge in [0.1, 0.15) is 0 Å². The molecule has 1 N–H and O–H groups in total. The molecule has 5 heteroatoms. The van der Waals surface area contributed by atoms with Crippen molar-refractivity contribution < 1.29 is 4.79 Å². The Morgan fingerprint density at radius 1 is 1.35 bits per heavy atom. The van der Waals surface area contributed by atoms with Crippen LogP contribution in [0.1, 0.15) is 12.5 Å². The van der Waals surface area contributed by atoms with E-state index in [1.807, 2.05) is 36.6 Å². The third kappa shape index (κ3) is 3.42. The molecule has 0 saturated heterocycles. The number of anilines is 2. The van der Waals surface area contributed by atoms with Gasteiger partial charge in [0.05, 0.1) is 5.68 Å². The zero-order valence-corrected chi connectivity index (χ0v) is 10.5. The van der Waals surface area contributed by atoms with Gasteiger partial charge in [0, 0.05) is 16.7 Å². The maximum atomic E-state index is 10.9. The molecule has 1 aromatic heterocycles. The topological polar surface area (TPSA) is 42.0 Å². The summed E-state index contributed by atoms with van der Waals surface area (Å²) in [7, 11) is 1.52. The Morgan fingerprint density at radius 3 is 2.71 bits per heavy atom. The van der Waals surface area contributed by atoms with Crippen LogP contribution < -0.4 is 10.9 Å². The third-order valence-corrected chi connectivity index (χ3v) is 2.95. The fraction of sp³-hybridized carbons (Fsp3) is 0.167. The lowest BCUT2D eigenvalue weighted by molar-refractivity contribution is -0.110. The minimum Gasteiger partial charge on any atom is -0.332 e. The van der Waals surface area contributed by atoms with E-state index < -0.39 is 0 Å². The van der Waals surface area contributed by atoms with E-state index in [4.69, 9.17) is 0 Å². The van der Waals surface area contributed by atoms with Crippen molar-refractivity contribution in [1.82, 2.24) is 4.98 Å². The van der Waals surface area contributed by atoms with Crippen LogP contribution in [0.25, 0.3) is 0 Å². The first-order chi connectivity index (χ1) is 8.13. The van der Waals surface area contributed by atoms with Gasteiger partial charge in [-0.05, 0) is 26.0 Å². The number of carbonyl (C=O) groups is 1. The summed E-state index contributed by atoms with van der Waals surface area (Å²) in [5.41, 5.74) is 2.94. The Bertz CT molecular complexity index is 522. The van der Waals surface area contributed by atoms with E-state index in [2.05, 4.69) is 10.3 Å². The molecule has 1 aromatic carbocycles. The van der Waals surface area contributed by atoms with Crippen LogP contribution in [0.15, 0.2) is 29.6 Å². The highest BCUT2D eigenvalue weighted by Gasteiger charge is 2.06. The fourth-order valence-electron chi connectivity index (χ4n) is 1.38. The van der Waals surface area contributed by atoms with Gasteiger partial charge in [-0.2, -0.15) is 0 Å². The molecule has 17 heavy (non-hydrogen) atoms. The maximum Gasteiger partial charge on any atom is 0.267 e. The number of rotatable bonds is 4. The zero-order valence-electron chi connectivity index (χ0n) is 9.73. The Morgan fingerprint density at radius 2 is 2.06 bits per heavy atom. The Balaban J connectivity index is 2.06. The minimum absolute atomic E-state index is 0.0113. The number of carbonyl (C=O) groups excluding carboxylic acids is 1. The van der Waals surface area contributed by atoms with Crippen molar-refractivity contribution in [1.29, 1.82) is 0 Å². The molecule has 0 saturated carbocycles. The third-order valence-electron chi connectivity index (χ3n) is 2.18. The summed E-state index contributed by atoms with van der Waals surface area (Å²) >= 11 is 1.48. The second-order valence-corrected chi connectivity index (χ2v) is 4.68. The Labute approximate surface area is 105 Å². The molecule has 0 bridgehead atoms. The number of thiazole rings is 1. The smallest absolute Gasteiger partial charge is 0.267 e. The van der Waals surface area contributed by atoms with E-state index in [1.165, 1.54) is 31.1 Å². The molecule has 1 heterocycles. The van der Waals surface area contributed by atoms with Crippen LogP contribution in [0.2, 0.25) is 0 Å². The maximum absolute atomic E-state index is 10.9. The highest BCUT2D eigenvalue weighted by atomic mass is 32.1. The lowest BCUT2D eigenvalue weighted by atomic mass is 9.71. The van der Waals surface area contributed by atoms with Gasteiger partial charge in [0.2, 0.25) is 0 Å². The number of nitrogens with one attached hydrogen (secondary N) is 1. The van der Waals surface area contributed by atoms with Crippen molar-refractivity contribution in [2.24, 2.45) is 0 Å². The van der Waals surface area contributed by atoms with Gasteiger partial charge in [-0.15, -0.1) is 11.3 Å². The molecule has 85 valence electrons. The Hall–Kier alpha value is -1.62. The van der Waals surface area contributed by atoms with Crippen LogP contribution in [0, 0.1) is 6.92 Å². The van der Waals surface area contributed by atoms with E-state index >= 15 is 0 Å². The quantitative estimate of drug-likeness (QED) is 0.836. The monoisotopic (exact) mass is 243 g/mol. The molecular weight excluding hydrogens is 231 g/mol. The van der Waals surface area contributed by atoms with E-state index in [1.54, 1.807) is 0 Å². The molecule has 3 nitrogen and oxygen atoms in total. The van der Waals surface area contributed by atoms with Gasteiger partial charge in [0.15, 0.2) is 5.13 Å². The number of aromatic nitrogens is 1. The van der Waals surface area contributed by atoms with Crippen molar-refractivity contribution in [3.63, 3.8) is 0 Å². The standard InChI is InChI=1S/C12H12BN2OS/c1-8-3-5-10(6-4-8)14-12-15-11(7-17-12)13-9(2)16/h3-7H,1-2H3,(H,14,15). The van der Waals surface area contributed by atoms with Crippen molar-refractivity contribution in [2.45, 2.75) is 13.8 Å². The summed E-state index contributed by atoms with van der Waals surface area (Å²) in [5, 5.41) is 5.85. The molecule has 2 aromatic rings. The van der Waals surface area contributed by atoms with E-state index in [0.717, 1.165) is 10.8 Å². The summed E-state index contributed by atoms with van der Waals surface area (Å²) in [6, 6.07) is 8.09. The normalized spacial score (nSPS) is 10.0. The molecule has 0 amide bonds. The molecule has 0 unspecified atom stereocenters. The van der Waals surface area contributed by atoms with Crippen LogP contribution in [0.4, 0.5) is 10.8 Å². The lowest BCUT2D eigenvalue weighted by Gasteiger charge is -2.02. The number of hydrogen-bond donors (Lipinski definition) is 1. The summed E-state index contributed by atoms with van der Waals surface area (Å²) in [6.07, 6.45) is 0. The average molecular weight is 243 g/mol. The SMILES string of the molecule is CC(=O)[B]c1csc(Nc2ccc(C)cc2)n1. The molecule has 1 radical (unpaired) electrons. The predicted molar refractivity (Wildman–Crippen MR) is 72.6 cm³/mol. The molecule has 0 atom stereocenters. The minimum atomic E-state index is 0.0113. The first-order valence-electron chi connectivity index (χ1n) is 5.28. The highest BCUT2D eigenvalue weighted by molar-refractivity contribution is 7.15. The van der Waals surface area contributed by atoms with E-state index in [0.29, 0.717) is 5.59 Å². The number of hydrogen-bond acceptors (Lipinski definition) is 4. The van der Waals surface area contributed by atoms with Crippen LogP contribution in [-0.2, 0) is 4.79 Å². The summed E-state index contributed by atoms with van der Waals surface area (Å²) in [5.74, 6) is 0. The molecule has 0 aliphatic carbocycles. The van der Waals surface area contributed by atoms with E-state index in [-0.39, 0.29) is 5.68 Å². The molecule has 2 rings (SSSR count). The second-order valence-electron chi connectivity index (χ2n) is 3.82. The fourth-order valence-corrected chi connectivity index (χ4v) is 2.07. The molecule has 0 fully saturated rings. The van der Waals surface area contributed by atoms with Gasteiger partial charge < -0.3 is 10.1 Å². The summed E-state index contributed by atoms with van der Waals surface area (Å²) in [6.45, 7) is 3.57. The van der Waals surface area contributed by atoms with Crippen LogP contribution in [0.3, 0.4) is 0 Å². The molecular formula is C12H12BN2OS. The van der Waals surface area contributed by atoms with Crippen molar-refractivity contribution in [3.05, 3.63) is 35.2 Å². The van der Waals surface area contributed by atoms with Gasteiger partial charge in [-0.25, -0.2) is 4.98 Å². The largest absolute Gasteiger partial charge is 0.332 e. The van der Waals surface area contributed by atoms with Crippen molar-refractivity contribution >= 4 is 40.7 Å². The second kappa shape index (κ2) is 5.14. The molecule has 0 aliphatic heterocycles. The predicted octanol–water partition coefficient (Wildman–Crippen LogP) is 2.07. The number of nitrogens with zero attached hydrogens (tertiary/aromatic N) is 1. The van der Waals surface area contributed by atoms with Crippen LogP contribution >= 0.6 is 11.3 Å². The average Bonchev–Trinajstić information content (AvgIpc) is 2.68. The summed E-state index contributed by atoms with van der Waals surface area (Å²) < 4.78 is 0. The van der Waals surface area contributed by atoms with Gasteiger partial charge in [0.25, 0.3) is 7.28 Å². The van der Waals surface area contributed by atoms with E-state index in [9.17, 15) is 4.79 Å². The lowest BCUT2D eigenvalue weighted by Crippen LogP contribution is -2.22. The van der Waals surface area contributed by atoms with Gasteiger partial charge in [-0.1, -0.05) is 17.7 Å². The first kappa shape index (κ1) is 11.9. The summed E-state index contributed by atoms with van der Waals surface area (Å²) in [4.78, 5) is 15.2. The zero-order chi connectivity index (χ0) is 12.3. The molecule has 0 spiro atoms. The van der Waals surface area contributed by atoms with Crippen molar-refractivity contribution in [2.75, 3.05) is 5.32 Å². The number of aryl methyl sites for hydroxylation is 1. The first-order valence-corrected chi connectivity index (χ1v) is 6.16. The molecule has 0 aliphatic rings. The van der Waals surface area contributed by atoms with Crippen LogP contribution in [-0.4, -0.2) is 17.9 Å². The van der Waals surface area contributed by atoms with Crippen molar-refractivity contribution in [3.8, 4) is 0 Å². The highest BCUT2D eigenvalue weighted by Crippen LogP contribution is 2.17. The van der Waals surface area contributed by atoms with Gasteiger partial charge >= 0.3 is 0 Å². The number of benzene rings is 1. The van der Waals surface area contributed by atoms with Gasteiger partial charge in [-0.3, -0.25) is 0 Å². The van der Waals surface area contributed by atoms with Crippen LogP contribution in [0.5, 0.6) is 0 Å². The Kier molecular flexibility index (Phi) is 3.59.